The fourth-order valence-electron chi connectivity index (χ4n) is 5.67. The number of halogens is 5. The molecule has 0 saturated heterocycles. The number of carbonyl (C=O) groups excluding carboxylic acids is 1. The van der Waals surface area contributed by atoms with Crippen LogP contribution in [-0.4, -0.2) is 70.1 Å². The van der Waals surface area contributed by atoms with E-state index in [1.165, 1.54) is 0 Å². The van der Waals surface area contributed by atoms with E-state index in [0.29, 0.717) is 10.0 Å². The molecule has 0 radical (unpaired) electrons. The number of aryl methyl sites for hydroxylation is 1. The van der Waals surface area contributed by atoms with Crippen molar-refractivity contribution in [3.8, 4) is 5.75 Å². The maximum Gasteiger partial charge on any atom is 0.446 e. The lowest BCUT2D eigenvalue weighted by Gasteiger charge is -2.43. The zero-order valence-corrected chi connectivity index (χ0v) is 32.7. The van der Waals surface area contributed by atoms with E-state index in [1.807, 2.05) is 60.7 Å². The molecule has 3 rings (SSSR count). The predicted octanol–water partition coefficient (Wildman–Crippen LogP) is 10.3. The van der Waals surface area contributed by atoms with E-state index < -0.39 is 38.0 Å². The van der Waals surface area contributed by atoms with Crippen molar-refractivity contribution in [2.45, 2.75) is 95.7 Å². The Morgan fingerprint density at radius 3 is 1.82 bits per heavy atom. The molecule has 0 saturated carbocycles. The third-order valence-corrected chi connectivity index (χ3v) is 9.28. The van der Waals surface area contributed by atoms with Gasteiger partial charge in [-0.15, -0.1) is 0 Å². The Hall–Kier alpha value is -2.60. The second-order valence-corrected chi connectivity index (χ2v) is 19.8. The van der Waals surface area contributed by atoms with Crippen LogP contribution in [0.5, 0.6) is 5.75 Å². The largest absolute Gasteiger partial charge is 0.484 e. The van der Waals surface area contributed by atoms with Crippen LogP contribution in [0.2, 0.25) is 29.7 Å². The van der Waals surface area contributed by atoms with Crippen molar-refractivity contribution in [1.29, 1.82) is 0 Å². The van der Waals surface area contributed by atoms with Crippen LogP contribution in [0.3, 0.4) is 0 Å². The molecule has 0 N–H and O–H groups in total. The molecule has 3 aromatic rings. The summed E-state index contributed by atoms with van der Waals surface area (Å²) in [4.78, 5) is 14.8. The van der Waals surface area contributed by atoms with Gasteiger partial charge in [-0.1, -0.05) is 59.6 Å². The maximum absolute atomic E-state index is 14.8. The molecule has 0 aliphatic carbocycles. The third kappa shape index (κ3) is 12.9. The monoisotopic (exact) mass is 755 g/mol. The summed E-state index contributed by atoms with van der Waals surface area (Å²) in [7, 11) is 0.190. The van der Waals surface area contributed by atoms with Gasteiger partial charge in [-0.05, 0) is 120 Å². The summed E-state index contributed by atoms with van der Waals surface area (Å²) in [5.41, 5.74) is 2.53. The molecule has 276 valence electrons. The van der Waals surface area contributed by atoms with E-state index >= 15 is 0 Å². The molecular weight excluding hydrogens is 706 g/mol. The zero-order chi connectivity index (χ0) is 37.3. The molecule has 0 fully saturated rings. The van der Waals surface area contributed by atoms with Crippen LogP contribution in [-0.2, 0) is 25.1 Å². The van der Waals surface area contributed by atoms with Gasteiger partial charge in [0.25, 0.3) is 5.79 Å². The quantitative estimate of drug-likeness (QED) is 0.0777. The van der Waals surface area contributed by atoms with E-state index in [2.05, 4.69) is 11.9 Å². The molecule has 0 bridgehead atoms. The number of hydrogen-bond donors (Lipinski definition) is 0. The highest BCUT2D eigenvalue weighted by molar-refractivity contribution is 6.69. The predicted molar refractivity (Wildman–Crippen MR) is 197 cm³/mol. The number of ether oxygens (including phenoxy) is 3. The molecule has 12 heteroatoms. The summed E-state index contributed by atoms with van der Waals surface area (Å²) in [6.45, 7) is 11.6. The summed E-state index contributed by atoms with van der Waals surface area (Å²) in [5, 5.41) is 1.37. The van der Waals surface area contributed by atoms with E-state index in [9.17, 15) is 18.0 Å². The third-order valence-electron chi connectivity index (χ3n) is 7.86. The molecule has 0 heterocycles. The average molecular weight is 757 g/mol. The smallest absolute Gasteiger partial charge is 0.446 e. The van der Waals surface area contributed by atoms with Gasteiger partial charge in [0.2, 0.25) is 0 Å². The number of benzene rings is 3. The van der Waals surface area contributed by atoms with Gasteiger partial charge in [-0.3, -0.25) is 4.79 Å². The van der Waals surface area contributed by atoms with Crippen LogP contribution in [0.1, 0.15) is 62.6 Å². The second-order valence-electron chi connectivity index (χ2n) is 14.5. The van der Waals surface area contributed by atoms with Crippen molar-refractivity contribution in [3.05, 3.63) is 99.5 Å². The normalized spacial score (nSPS) is 14.5. The first kappa shape index (κ1) is 41.8. The van der Waals surface area contributed by atoms with Crippen molar-refractivity contribution in [3.63, 3.8) is 0 Å². The fourth-order valence-corrected chi connectivity index (χ4v) is 7.16. The number of hydrogen-bond acceptors (Lipinski definition) is 6. The molecular formula is C38H50Cl2F3NO5Si. The Morgan fingerprint density at radius 2 is 1.38 bits per heavy atom. The number of methoxy groups -OCH3 is 1. The Morgan fingerprint density at radius 1 is 0.860 bits per heavy atom. The number of nitrogens with zero attached hydrogens (tertiary/aromatic N) is 1. The minimum absolute atomic E-state index is 0.120. The van der Waals surface area contributed by atoms with Crippen LogP contribution in [0.4, 0.5) is 13.2 Å². The molecule has 2 unspecified atom stereocenters. The number of carbonyl (C=O) groups is 1. The van der Waals surface area contributed by atoms with Gasteiger partial charge in [0.15, 0.2) is 14.4 Å². The molecule has 0 aliphatic heterocycles. The highest BCUT2D eigenvalue weighted by Crippen LogP contribution is 2.42. The molecule has 6 nitrogen and oxygen atoms in total. The molecule has 0 aliphatic rings. The molecule has 2 atom stereocenters. The Bertz CT molecular complexity index is 1450. The standard InChI is InChI=1S/C38H50Cl2F3NO5Si/c1-36(2,3)48-35(45)24-23-34(37(46-5,38(41,42)43)49-50(6,7)8)47-32-21-11-27(12-22-32)10-9-25-44(4)26-33(28-13-17-30(39)18-14-28)29-15-19-31(40)20-16-29/h11-22,33-34H,9-10,23-26H2,1-8H3. The Labute approximate surface area is 306 Å². The van der Waals surface area contributed by atoms with Crippen molar-refractivity contribution in [2.24, 2.45) is 0 Å². The number of alkyl halides is 3. The molecule has 0 aromatic heterocycles. The Kier molecular flexibility index (Phi) is 14.8. The van der Waals surface area contributed by atoms with Gasteiger partial charge in [0.1, 0.15) is 11.4 Å². The first-order chi connectivity index (χ1) is 23.2. The van der Waals surface area contributed by atoms with Gasteiger partial charge in [-0.25, -0.2) is 0 Å². The minimum Gasteiger partial charge on any atom is -0.484 e. The highest BCUT2D eigenvalue weighted by atomic mass is 35.5. The molecule has 50 heavy (non-hydrogen) atoms. The summed E-state index contributed by atoms with van der Waals surface area (Å²) in [6, 6.07) is 22.7. The summed E-state index contributed by atoms with van der Waals surface area (Å²) in [6.07, 6.45) is -5.68. The number of esters is 1. The lowest BCUT2D eigenvalue weighted by molar-refractivity contribution is -0.374. The van der Waals surface area contributed by atoms with Gasteiger partial charge in [-0.2, -0.15) is 13.2 Å². The Balaban J connectivity index is 1.71. The van der Waals surface area contributed by atoms with Crippen molar-refractivity contribution in [1.82, 2.24) is 4.90 Å². The highest BCUT2D eigenvalue weighted by Gasteiger charge is 2.64. The second kappa shape index (κ2) is 17.7. The average Bonchev–Trinajstić information content (AvgIpc) is 3.00. The van der Waals surface area contributed by atoms with Crippen LogP contribution >= 0.6 is 23.2 Å². The van der Waals surface area contributed by atoms with Crippen LogP contribution in [0.15, 0.2) is 72.8 Å². The van der Waals surface area contributed by atoms with Crippen molar-refractivity contribution in [2.75, 3.05) is 27.2 Å². The topological polar surface area (TPSA) is 57.2 Å². The van der Waals surface area contributed by atoms with E-state index in [-0.39, 0.29) is 24.5 Å². The maximum atomic E-state index is 14.8. The van der Waals surface area contributed by atoms with Crippen molar-refractivity contribution < 1.29 is 36.6 Å². The van der Waals surface area contributed by atoms with Gasteiger partial charge >= 0.3 is 12.1 Å². The number of likely N-dealkylation sites (N-methyl/N-ethyl adjacent to an activating group) is 1. The lowest BCUT2D eigenvalue weighted by atomic mass is 9.91. The van der Waals surface area contributed by atoms with E-state index in [4.69, 9.17) is 41.8 Å². The van der Waals surface area contributed by atoms with Crippen LogP contribution < -0.4 is 4.74 Å². The SMILES string of the molecule is COC(O[Si](C)(C)C)(C(CCC(=O)OC(C)(C)C)Oc1ccc(CCCN(C)CC(c2ccc(Cl)cc2)c2ccc(Cl)cc2)cc1)C(F)(F)F. The van der Waals surface area contributed by atoms with Gasteiger partial charge in [0.05, 0.1) is 0 Å². The van der Waals surface area contributed by atoms with Gasteiger partial charge < -0.3 is 23.5 Å². The fraction of sp³-hybridized carbons (Fsp3) is 0.500. The molecule has 0 amide bonds. The minimum atomic E-state index is -4.95. The summed E-state index contributed by atoms with van der Waals surface area (Å²) in [5.74, 6) is -3.40. The molecule has 3 aromatic carbocycles. The van der Waals surface area contributed by atoms with E-state index in [1.54, 1.807) is 52.5 Å². The van der Waals surface area contributed by atoms with Crippen LogP contribution in [0, 0.1) is 0 Å². The van der Waals surface area contributed by atoms with Crippen molar-refractivity contribution >= 4 is 37.5 Å². The van der Waals surface area contributed by atoms with Gasteiger partial charge in [0, 0.05) is 42.5 Å². The van der Waals surface area contributed by atoms with E-state index in [0.717, 1.165) is 49.7 Å². The van der Waals surface area contributed by atoms with Crippen LogP contribution in [0.25, 0.3) is 0 Å². The number of rotatable bonds is 17. The summed E-state index contributed by atoms with van der Waals surface area (Å²) < 4.78 is 66.5. The summed E-state index contributed by atoms with van der Waals surface area (Å²) >= 11 is 12.3. The first-order valence-electron chi connectivity index (χ1n) is 16.7. The lowest BCUT2D eigenvalue weighted by Crippen LogP contribution is -2.63. The first-order valence-corrected chi connectivity index (χ1v) is 20.9. The zero-order valence-electron chi connectivity index (χ0n) is 30.2. The molecule has 0 spiro atoms.